The lowest BCUT2D eigenvalue weighted by molar-refractivity contribution is -0.0439. The monoisotopic (exact) mass is 247 g/mol. The first kappa shape index (κ1) is 12.0. The fraction of sp³-hybridized carbons (Fsp3) is 0.600. The Hall–Kier alpha value is -1.06. The lowest BCUT2D eigenvalue weighted by Gasteiger charge is -2.39. The second-order valence-corrected chi connectivity index (χ2v) is 5.67. The molecule has 18 heavy (non-hydrogen) atoms. The molecule has 2 fully saturated rings. The van der Waals surface area contributed by atoms with E-state index < -0.39 is 5.60 Å². The number of benzene rings is 1. The van der Waals surface area contributed by atoms with E-state index in [-0.39, 0.29) is 0 Å². The van der Waals surface area contributed by atoms with E-state index in [2.05, 4.69) is 11.0 Å². The zero-order chi connectivity index (χ0) is 12.6. The zero-order valence-electron chi connectivity index (χ0n) is 10.9. The summed E-state index contributed by atoms with van der Waals surface area (Å²) in [6.07, 6.45) is 2.79. The number of ether oxygens (including phenoxy) is 1. The minimum Gasteiger partial charge on any atom is -0.497 e. The van der Waals surface area contributed by atoms with E-state index in [1.807, 2.05) is 18.2 Å². The Morgan fingerprint density at radius 3 is 3.17 bits per heavy atom. The van der Waals surface area contributed by atoms with Gasteiger partial charge in [0.15, 0.2) is 0 Å². The molecule has 0 amide bonds. The SMILES string of the molecule is COc1cccc(CC2(O)CCN3CCC2C3)c1. The summed E-state index contributed by atoms with van der Waals surface area (Å²) in [4.78, 5) is 2.46. The van der Waals surface area contributed by atoms with E-state index >= 15 is 0 Å². The van der Waals surface area contributed by atoms with Gasteiger partial charge in [-0.1, -0.05) is 12.1 Å². The van der Waals surface area contributed by atoms with Crippen molar-refractivity contribution in [3.05, 3.63) is 29.8 Å². The Labute approximate surface area is 108 Å². The molecule has 2 bridgehead atoms. The highest BCUT2D eigenvalue weighted by atomic mass is 16.5. The van der Waals surface area contributed by atoms with Gasteiger partial charge >= 0.3 is 0 Å². The van der Waals surface area contributed by atoms with Crippen LogP contribution in [0.1, 0.15) is 18.4 Å². The third kappa shape index (κ3) is 2.13. The number of hydrogen-bond donors (Lipinski definition) is 1. The number of rotatable bonds is 3. The number of aliphatic hydroxyl groups is 1. The molecule has 0 saturated carbocycles. The van der Waals surface area contributed by atoms with Gasteiger partial charge in [0.2, 0.25) is 0 Å². The largest absolute Gasteiger partial charge is 0.497 e. The van der Waals surface area contributed by atoms with Crippen molar-refractivity contribution in [1.29, 1.82) is 0 Å². The molecular formula is C15H21NO2. The Balaban J connectivity index is 1.78. The average Bonchev–Trinajstić information content (AvgIpc) is 2.81. The van der Waals surface area contributed by atoms with Crippen LogP contribution in [0.4, 0.5) is 0 Å². The number of methoxy groups -OCH3 is 1. The minimum absolute atomic E-state index is 0.442. The van der Waals surface area contributed by atoms with Crippen molar-refractivity contribution in [3.8, 4) is 5.75 Å². The van der Waals surface area contributed by atoms with Crippen LogP contribution >= 0.6 is 0 Å². The summed E-state index contributed by atoms with van der Waals surface area (Å²) in [5.74, 6) is 1.32. The van der Waals surface area contributed by atoms with Gasteiger partial charge in [0.1, 0.15) is 5.75 Å². The molecule has 2 aliphatic rings. The van der Waals surface area contributed by atoms with Crippen LogP contribution < -0.4 is 4.74 Å². The van der Waals surface area contributed by atoms with Crippen LogP contribution in [0.3, 0.4) is 0 Å². The topological polar surface area (TPSA) is 32.7 Å². The predicted molar refractivity (Wildman–Crippen MR) is 70.8 cm³/mol. The van der Waals surface area contributed by atoms with Gasteiger partial charge in [0, 0.05) is 25.4 Å². The summed E-state index contributed by atoms with van der Waals surface area (Å²) in [7, 11) is 1.68. The standard InChI is InChI=1S/C15H21NO2/c1-18-14-4-2-3-12(9-14)10-15(17)6-8-16-7-5-13(15)11-16/h2-4,9,13,17H,5-8,10-11H2,1H3. The summed E-state index contributed by atoms with van der Waals surface area (Å²) in [6.45, 7) is 3.27. The normalized spacial score (nSPS) is 34.6. The van der Waals surface area contributed by atoms with E-state index in [0.29, 0.717) is 5.92 Å². The van der Waals surface area contributed by atoms with Gasteiger partial charge in [0.05, 0.1) is 12.7 Å². The van der Waals surface area contributed by atoms with Crippen LogP contribution in [0.15, 0.2) is 24.3 Å². The van der Waals surface area contributed by atoms with Crippen molar-refractivity contribution >= 4 is 0 Å². The Morgan fingerprint density at radius 1 is 1.44 bits per heavy atom. The van der Waals surface area contributed by atoms with E-state index in [4.69, 9.17) is 4.74 Å². The van der Waals surface area contributed by atoms with Gasteiger partial charge in [-0.2, -0.15) is 0 Å². The lowest BCUT2D eigenvalue weighted by atomic mass is 9.78. The van der Waals surface area contributed by atoms with E-state index in [1.54, 1.807) is 7.11 Å². The second-order valence-electron chi connectivity index (χ2n) is 5.67. The molecule has 1 N–H and O–H groups in total. The second kappa shape index (κ2) is 4.56. The Morgan fingerprint density at radius 2 is 2.33 bits per heavy atom. The van der Waals surface area contributed by atoms with Crippen molar-refractivity contribution in [2.24, 2.45) is 5.92 Å². The Bertz CT molecular complexity index is 434. The molecule has 3 atom stereocenters. The zero-order valence-corrected chi connectivity index (χ0v) is 10.9. The quantitative estimate of drug-likeness (QED) is 0.882. The molecule has 98 valence electrons. The summed E-state index contributed by atoms with van der Waals surface area (Å²) >= 11 is 0. The van der Waals surface area contributed by atoms with E-state index in [9.17, 15) is 5.11 Å². The maximum absolute atomic E-state index is 10.9. The van der Waals surface area contributed by atoms with Gasteiger partial charge in [0.25, 0.3) is 0 Å². The van der Waals surface area contributed by atoms with E-state index in [0.717, 1.165) is 44.6 Å². The highest BCUT2D eigenvalue weighted by molar-refractivity contribution is 5.29. The van der Waals surface area contributed by atoms with Gasteiger partial charge in [-0.3, -0.25) is 0 Å². The van der Waals surface area contributed by atoms with Gasteiger partial charge in [-0.25, -0.2) is 0 Å². The molecule has 3 nitrogen and oxygen atoms in total. The molecule has 0 aromatic heterocycles. The fourth-order valence-corrected chi connectivity index (χ4v) is 3.40. The Kier molecular flexibility index (Phi) is 3.04. The maximum Gasteiger partial charge on any atom is 0.119 e. The molecule has 2 heterocycles. The first-order valence-electron chi connectivity index (χ1n) is 6.77. The number of fused-ring (bicyclic) bond motifs is 2. The van der Waals surface area contributed by atoms with Crippen LogP contribution in [0, 0.1) is 5.92 Å². The maximum atomic E-state index is 10.9. The van der Waals surface area contributed by atoms with Crippen LogP contribution in [0.5, 0.6) is 5.75 Å². The third-order valence-electron chi connectivity index (χ3n) is 4.54. The molecule has 0 radical (unpaired) electrons. The lowest BCUT2D eigenvalue weighted by Crippen LogP contribution is -2.47. The molecular weight excluding hydrogens is 226 g/mol. The number of nitrogens with zero attached hydrogens (tertiary/aromatic N) is 1. The molecule has 3 unspecified atom stereocenters. The highest BCUT2D eigenvalue weighted by Gasteiger charge is 2.44. The molecule has 0 spiro atoms. The van der Waals surface area contributed by atoms with Crippen LogP contribution in [0.25, 0.3) is 0 Å². The molecule has 2 aliphatic heterocycles. The summed E-state index contributed by atoms with van der Waals surface area (Å²) in [5, 5.41) is 10.9. The first-order chi connectivity index (χ1) is 8.69. The molecule has 1 aromatic rings. The smallest absolute Gasteiger partial charge is 0.119 e. The third-order valence-corrected chi connectivity index (χ3v) is 4.54. The van der Waals surface area contributed by atoms with E-state index in [1.165, 1.54) is 5.56 Å². The van der Waals surface area contributed by atoms with Crippen LogP contribution in [-0.4, -0.2) is 42.4 Å². The molecule has 1 aromatic carbocycles. The summed E-state index contributed by atoms with van der Waals surface area (Å²) in [5.41, 5.74) is 0.663. The molecule has 3 heteroatoms. The first-order valence-corrected chi connectivity index (χ1v) is 6.77. The molecule has 0 aliphatic carbocycles. The van der Waals surface area contributed by atoms with Crippen LogP contribution in [-0.2, 0) is 6.42 Å². The molecule has 3 rings (SSSR count). The van der Waals surface area contributed by atoms with Gasteiger partial charge < -0.3 is 14.7 Å². The fourth-order valence-electron chi connectivity index (χ4n) is 3.40. The number of hydrogen-bond acceptors (Lipinski definition) is 3. The molecule has 2 saturated heterocycles. The van der Waals surface area contributed by atoms with Gasteiger partial charge in [-0.15, -0.1) is 0 Å². The van der Waals surface area contributed by atoms with Crippen molar-refractivity contribution < 1.29 is 9.84 Å². The van der Waals surface area contributed by atoms with Gasteiger partial charge in [-0.05, 0) is 37.1 Å². The average molecular weight is 247 g/mol. The highest BCUT2D eigenvalue weighted by Crippen LogP contribution is 2.38. The number of piperidine rings is 1. The van der Waals surface area contributed by atoms with Crippen molar-refractivity contribution in [3.63, 3.8) is 0 Å². The summed E-state index contributed by atoms with van der Waals surface area (Å²) in [6, 6.07) is 8.08. The van der Waals surface area contributed by atoms with Crippen molar-refractivity contribution in [2.75, 3.05) is 26.7 Å². The van der Waals surface area contributed by atoms with Crippen LogP contribution in [0.2, 0.25) is 0 Å². The minimum atomic E-state index is -0.515. The van der Waals surface area contributed by atoms with Crippen molar-refractivity contribution in [2.45, 2.75) is 24.9 Å². The van der Waals surface area contributed by atoms with Crippen molar-refractivity contribution in [1.82, 2.24) is 4.90 Å². The summed E-state index contributed by atoms with van der Waals surface area (Å²) < 4.78 is 5.25. The predicted octanol–water partition coefficient (Wildman–Crippen LogP) is 1.69.